The van der Waals surface area contributed by atoms with Gasteiger partial charge in [0, 0.05) is 6.54 Å². The van der Waals surface area contributed by atoms with Crippen LogP contribution in [0, 0.1) is 17.1 Å². The fourth-order valence-electron chi connectivity index (χ4n) is 2.23. The zero-order valence-electron chi connectivity index (χ0n) is 9.71. The third-order valence-corrected chi connectivity index (χ3v) is 3.98. The van der Waals surface area contributed by atoms with Crippen molar-refractivity contribution in [3.8, 4) is 0 Å². The van der Waals surface area contributed by atoms with Crippen LogP contribution in [0.15, 0.2) is 18.2 Å². The Morgan fingerprint density at radius 1 is 1.44 bits per heavy atom. The molecule has 0 aliphatic heterocycles. The van der Waals surface area contributed by atoms with Crippen LogP contribution in [0.1, 0.15) is 25.3 Å². The monoisotopic (exact) mass is 232 g/mol. The van der Waals surface area contributed by atoms with Crippen molar-refractivity contribution >= 4 is 23.3 Å². The molecule has 3 heteroatoms. The Morgan fingerprint density at radius 2 is 2.19 bits per heavy atom. The number of imidazole rings is 1. The molecule has 3 rings (SSSR count). The van der Waals surface area contributed by atoms with Crippen LogP contribution in [0.5, 0.6) is 0 Å². The molecule has 1 aromatic heterocycles. The maximum absolute atomic E-state index is 5.42. The highest BCUT2D eigenvalue weighted by atomic mass is 32.1. The molecule has 0 atom stereocenters. The molecule has 16 heavy (non-hydrogen) atoms. The number of H-pyrrole nitrogens is 1. The lowest BCUT2D eigenvalue weighted by Gasteiger charge is -2.10. The van der Waals surface area contributed by atoms with Gasteiger partial charge in [-0.15, -0.1) is 0 Å². The Balaban J connectivity index is 2.19. The molecule has 1 aliphatic carbocycles. The molecule has 1 aromatic carbocycles. The largest absolute Gasteiger partial charge is 0.330 e. The molecule has 0 amide bonds. The van der Waals surface area contributed by atoms with Crippen LogP contribution in [0.4, 0.5) is 0 Å². The van der Waals surface area contributed by atoms with Gasteiger partial charge in [-0.25, -0.2) is 0 Å². The smallest absolute Gasteiger partial charge is 0.178 e. The predicted octanol–water partition coefficient (Wildman–Crippen LogP) is 3.81. The first kappa shape index (κ1) is 10.1. The number of hydrogen-bond donors (Lipinski definition) is 1. The summed E-state index contributed by atoms with van der Waals surface area (Å²) in [6.45, 7) is 5.51. The molecule has 84 valence electrons. The van der Waals surface area contributed by atoms with Crippen molar-refractivity contribution in [2.45, 2.75) is 33.2 Å². The van der Waals surface area contributed by atoms with Gasteiger partial charge in [-0.2, -0.15) is 0 Å². The molecule has 2 nitrogen and oxygen atoms in total. The van der Waals surface area contributed by atoms with Gasteiger partial charge in [0.1, 0.15) is 0 Å². The lowest BCUT2D eigenvalue weighted by atomic mass is 10.1. The van der Waals surface area contributed by atoms with Crippen LogP contribution in [-0.4, -0.2) is 9.55 Å². The average Bonchev–Trinajstić information content (AvgIpc) is 2.88. The van der Waals surface area contributed by atoms with E-state index in [9.17, 15) is 0 Å². The van der Waals surface area contributed by atoms with Gasteiger partial charge in [0.05, 0.1) is 11.0 Å². The van der Waals surface area contributed by atoms with Crippen LogP contribution in [-0.2, 0) is 6.54 Å². The normalized spacial score (nSPS) is 17.9. The second-order valence-corrected chi connectivity index (χ2v) is 5.68. The topological polar surface area (TPSA) is 20.7 Å². The molecule has 1 saturated carbocycles. The summed E-state index contributed by atoms with van der Waals surface area (Å²) < 4.78 is 3.11. The maximum Gasteiger partial charge on any atom is 0.178 e. The minimum atomic E-state index is 0.483. The lowest BCUT2D eigenvalue weighted by molar-refractivity contribution is 0.469. The molecular weight excluding hydrogens is 216 g/mol. The Hall–Kier alpha value is -1.09. The Labute approximate surface area is 100 Å². The fraction of sp³-hybridized carbons (Fsp3) is 0.462. The first-order chi connectivity index (χ1) is 7.59. The molecular formula is C13H16N2S. The summed E-state index contributed by atoms with van der Waals surface area (Å²) in [7, 11) is 0. The number of aromatic amines is 1. The summed E-state index contributed by atoms with van der Waals surface area (Å²) in [5, 5.41) is 0. The standard InChI is InChI=1S/C13H16N2S/c1-9-4-3-5-10-11(9)14-12(16)15(10)8-13(2)6-7-13/h3-5H,6-8H2,1-2H3,(H,14,16). The van der Waals surface area contributed by atoms with E-state index in [0.717, 1.165) is 11.3 Å². The number of nitrogens with one attached hydrogen (secondary N) is 1. The van der Waals surface area contributed by atoms with Gasteiger partial charge in [-0.05, 0) is 49.0 Å². The second kappa shape index (κ2) is 3.20. The van der Waals surface area contributed by atoms with E-state index in [1.54, 1.807) is 0 Å². The van der Waals surface area contributed by atoms with E-state index in [2.05, 4.69) is 41.6 Å². The van der Waals surface area contributed by atoms with Crippen molar-refractivity contribution < 1.29 is 0 Å². The van der Waals surface area contributed by atoms with E-state index < -0.39 is 0 Å². The summed E-state index contributed by atoms with van der Waals surface area (Å²) in [6, 6.07) is 6.38. The van der Waals surface area contributed by atoms with Gasteiger partial charge >= 0.3 is 0 Å². The zero-order valence-corrected chi connectivity index (χ0v) is 10.5. The van der Waals surface area contributed by atoms with Crippen molar-refractivity contribution in [1.82, 2.24) is 9.55 Å². The van der Waals surface area contributed by atoms with E-state index in [4.69, 9.17) is 12.2 Å². The Bertz CT molecular complexity index is 602. The van der Waals surface area contributed by atoms with E-state index in [0.29, 0.717) is 5.41 Å². The van der Waals surface area contributed by atoms with Crippen LogP contribution < -0.4 is 0 Å². The molecule has 0 spiro atoms. The summed E-state index contributed by atoms with van der Waals surface area (Å²) in [5.74, 6) is 0. The van der Waals surface area contributed by atoms with Gasteiger partial charge in [-0.1, -0.05) is 19.1 Å². The Morgan fingerprint density at radius 3 is 2.88 bits per heavy atom. The third-order valence-electron chi connectivity index (χ3n) is 3.66. The molecule has 1 aliphatic rings. The first-order valence-electron chi connectivity index (χ1n) is 5.77. The minimum absolute atomic E-state index is 0.483. The summed E-state index contributed by atoms with van der Waals surface area (Å²) >= 11 is 5.42. The van der Waals surface area contributed by atoms with Crippen LogP contribution >= 0.6 is 12.2 Å². The predicted molar refractivity (Wildman–Crippen MR) is 69.2 cm³/mol. The Kier molecular flexibility index (Phi) is 2.02. The number of hydrogen-bond acceptors (Lipinski definition) is 1. The van der Waals surface area contributed by atoms with E-state index >= 15 is 0 Å². The summed E-state index contributed by atoms with van der Waals surface area (Å²) in [4.78, 5) is 3.32. The van der Waals surface area contributed by atoms with Gasteiger partial charge < -0.3 is 9.55 Å². The van der Waals surface area contributed by atoms with Gasteiger partial charge in [0.2, 0.25) is 0 Å². The molecule has 0 radical (unpaired) electrons. The molecule has 1 fully saturated rings. The lowest BCUT2D eigenvalue weighted by Crippen LogP contribution is -2.07. The maximum atomic E-state index is 5.42. The first-order valence-corrected chi connectivity index (χ1v) is 6.18. The minimum Gasteiger partial charge on any atom is -0.330 e. The number of para-hydroxylation sites is 1. The number of rotatable bonds is 2. The highest BCUT2D eigenvalue weighted by molar-refractivity contribution is 7.71. The quantitative estimate of drug-likeness (QED) is 0.781. The van der Waals surface area contributed by atoms with Crippen molar-refractivity contribution in [1.29, 1.82) is 0 Å². The van der Waals surface area contributed by atoms with Gasteiger partial charge in [0.25, 0.3) is 0 Å². The van der Waals surface area contributed by atoms with E-state index in [-0.39, 0.29) is 0 Å². The number of aryl methyl sites for hydroxylation is 1. The van der Waals surface area contributed by atoms with Crippen LogP contribution in [0.2, 0.25) is 0 Å². The molecule has 1 N–H and O–H groups in total. The number of nitrogens with zero attached hydrogens (tertiary/aromatic N) is 1. The second-order valence-electron chi connectivity index (χ2n) is 5.30. The number of fused-ring (bicyclic) bond motifs is 1. The SMILES string of the molecule is Cc1cccc2c1[nH]c(=S)n2CC1(C)CC1. The molecule has 0 bridgehead atoms. The van der Waals surface area contributed by atoms with E-state index in [1.165, 1.54) is 29.4 Å². The molecule has 2 aromatic rings. The van der Waals surface area contributed by atoms with Crippen LogP contribution in [0.3, 0.4) is 0 Å². The van der Waals surface area contributed by atoms with Gasteiger partial charge in [-0.3, -0.25) is 0 Å². The highest BCUT2D eigenvalue weighted by Crippen LogP contribution is 2.46. The zero-order chi connectivity index (χ0) is 11.3. The van der Waals surface area contributed by atoms with Crippen molar-refractivity contribution in [2.24, 2.45) is 5.41 Å². The fourth-order valence-corrected chi connectivity index (χ4v) is 2.50. The summed E-state index contributed by atoms with van der Waals surface area (Å²) in [5.41, 5.74) is 4.19. The van der Waals surface area contributed by atoms with E-state index in [1.807, 2.05) is 0 Å². The molecule has 0 saturated heterocycles. The summed E-state index contributed by atoms with van der Waals surface area (Å²) in [6.07, 6.45) is 2.65. The number of aromatic nitrogens is 2. The van der Waals surface area contributed by atoms with Gasteiger partial charge in [0.15, 0.2) is 4.77 Å². The highest BCUT2D eigenvalue weighted by Gasteiger charge is 2.37. The van der Waals surface area contributed by atoms with Crippen molar-refractivity contribution in [3.63, 3.8) is 0 Å². The third kappa shape index (κ3) is 1.50. The van der Waals surface area contributed by atoms with Crippen molar-refractivity contribution in [2.75, 3.05) is 0 Å². The van der Waals surface area contributed by atoms with Crippen LogP contribution in [0.25, 0.3) is 11.0 Å². The van der Waals surface area contributed by atoms with Crippen molar-refractivity contribution in [3.05, 3.63) is 28.5 Å². The number of benzene rings is 1. The molecule has 0 unspecified atom stereocenters. The molecule has 1 heterocycles. The average molecular weight is 232 g/mol.